The smallest absolute Gasteiger partial charge is 0.241 e. The zero-order valence-corrected chi connectivity index (χ0v) is 15.1. The van der Waals surface area contributed by atoms with E-state index in [9.17, 15) is 8.42 Å². The standard InChI is InChI=1S/C15H25BrN2O2S/c1-12(2)7-5-3-4-6-10-18-21(19,20)15-11-13(17)8-9-14(15)16/h8-9,11-12,18H,3-7,10,17H2,1-2H3. The molecule has 1 aromatic carbocycles. The topological polar surface area (TPSA) is 72.2 Å². The van der Waals surface area contributed by atoms with E-state index in [-0.39, 0.29) is 4.90 Å². The molecular formula is C15H25BrN2O2S. The fraction of sp³-hybridized carbons (Fsp3) is 0.600. The molecule has 0 amide bonds. The van der Waals surface area contributed by atoms with Gasteiger partial charge in [-0.3, -0.25) is 0 Å². The number of rotatable bonds is 9. The summed E-state index contributed by atoms with van der Waals surface area (Å²) in [7, 11) is -3.50. The molecular weight excluding hydrogens is 352 g/mol. The van der Waals surface area contributed by atoms with Gasteiger partial charge in [-0.15, -0.1) is 0 Å². The highest BCUT2D eigenvalue weighted by atomic mass is 79.9. The SMILES string of the molecule is CC(C)CCCCCCNS(=O)(=O)c1cc(N)ccc1Br. The maximum absolute atomic E-state index is 12.2. The lowest BCUT2D eigenvalue weighted by Gasteiger charge is -2.09. The van der Waals surface area contributed by atoms with Crippen LogP contribution in [0, 0.1) is 5.92 Å². The first kappa shape index (κ1) is 18.5. The Morgan fingerprint density at radius 2 is 1.86 bits per heavy atom. The summed E-state index contributed by atoms with van der Waals surface area (Å²) in [5, 5.41) is 0. The maximum Gasteiger partial charge on any atom is 0.241 e. The van der Waals surface area contributed by atoms with E-state index < -0.39 is 10.0 Å². The molecule has 0 spiro atoms. The number of nitrogen functional groups attached to an aromatic ring is 1. The minimum atomic E-state index is -3.50. The van der Waals surface area contributed by atoms with Crippen LogP contribution < -0.4 is 10.5 Å². The van der Waals surface area contributed by atoms with Crippen molar-refractivity contribution in [2.24, 2.45) is 5.92 Å². The van der Waals surface area contributed by atoms with Crippen molar-refractivity contribution in [3.05, 3.63) is 22.7 Å². The molecule has 1 rings (SSSR count). The molecule has 3 N–H and O–H groups in total. The molecule has 0 fully saturated rings. The lowest BCUT2D eigenvalue weighted by atomic mass is 10.0. The summed E-state index contributed by atoms with van der Waals surface area (Å²) in [5.74, 6) is 0.740. The molecule has 0 radical (unpaired) electrons. The number of benzene rings is 1. The summed E-state index contributed by atoms with van der Waals surface area (Å²) in [6.07, 6.45) is 5.51. The monoisotopic (exact) mass is 376 g/mol. The highest BCUT2D eigenvalue weighted by Gasteiger charge is 2.17. The van der Waals surface area contributed by atoms with E-state index in [2.05, 4.69) is 34.5 Å². The number of nitrogens with one attached hydrogen (secondary N) is 1. The molecule has 21 heavy (non-hydrogen) atoms. The van der Waals surface area contributed by atoms with Crippen LogP contribution in [0.5, 0.6) is 0 Å². The van der Waals surface area contributed by atoms with Crippen LogP contribution in [0.1, 0.15) is 46.0 Å². The summed E-state index contributed by atoms with van der Waals surface area (Å²) in [6, 6.07) is 4.78. The van der Waals surface area contributed by atoms with Crippen molar-refractivity contribution >= 4 is 31.6 Å². The van der Waals surface area contributed by atoms with Crippen LogP contribution in [0.15, 0.2) is 27.6 Å². The van der Waals surface area contributed by atoms with E-state index in [1.807, 2.05) is 0 Å². The molecule has 0 saturated heterocycles. The third-order valence-corrected chi connectivity index (χ3v) is 5.70. The Morgan fingerprint density at radius 3 is 2.52 bits per heavy atom. The fourth-order valence-corrected chi connectivity index (χ4v) is 4.11. The van der Waals surface area contributed by atoms with Crippen molar-refractivity contribution in [2.45, 2.75) is 50.8 Å². The Kier molecular flexibility index (Phi) is 7.70. The van der Waals surface area contributed by atoms with Gasteiger partial charge in [0.1, 0.15) is 0 Å². The van der Waals surface area contributed by atoms with Gasteiger partial charge in [0, 0.05) is 16.7 Å². The molecule has 0 saturated carbocycles. The van der Waals surface area contributed by atoms with Crippen LogP contribution >= 0.6 is 15.9 Å². The average Bonchev–Trinajstić information content (AvgIpc) is 2.40. The molecule has 1 aromatic rings. The third-order valence-electron chi connectivity index (χ3n) is 3.25. The zero-order chi connectivity index (χ0) is 15.9. The minimum Gasteiger partial charge on any atom is -0.399 e. The molecule has 0 aromatic heterocycles. The summed E-state index contributed by atoms with van der Waals surface area (Å²) in [5.41, 5.74) is 6.08. The Balaban J connectivity index is 2.38. The quantitative estimate of drug-likeness (QED) is 0.506. The molecule has 0 aliphatic carbocycles. The van der Waals surface area contributed by atoms with Gasteiger partial charge in [-0.05, 0) is 46.5 Å². The fourth-order valence-electron chi connectivity index (χ4n) is 2.04. The number of anilines is 1. The van der Waals surface area contributed by atoms with Gasteiger partial charge >= 0.3 is 0 Å². The van der Waals surface area contributed by atoms with E-state index in [1.54, 1.807) is 12.1 Å². The van der Waals surface area contributed by atoms with Crippen LogP contribution in [-0.4, -0.2) is 15.0 Å². The van der Waals surface area contributed by atoms with Crippen molar-refractivity contribution in [3.8, 4) is 0 Å². The summed E-state index contributed by atoms with van der Waals surface area (Å²) >= 11 is 3.25. The largest absolute Gasteiger partial charge is 0.399 e. The second-order valence-electron chi connectivity index (χ2n) is 5.68. The maximum atomic E-state index is 12.2. The number of halogens is 1. The molecule has 6 heteroatoms. The lowest BCUT2D eigenvalue weighted by Crippen LogP contribution is -2.25. The molecule has 0 atom stereocenters. The van der Waals surface area contributed by atoms with Gasteiger partial charge in [-0.25, -0.2) is 13.1 Å². The Hall–Kier alpha value is -0.590. The second-order valence-corrected chi connectivity index (χ2v) is 8.27. The molecule has 0 aliphatic rings. The summed E-state index contributed by atoms with van der Waals surface area (Å²) in [6.45, 7) is 4.90. The molecule has 0 heterocycles. The van der Waals surface area contributed by atoms with Gasteiger partial charge in [0.05, 0.1) is 4.90 Å². The summed E-state index contributed by atoms with van der Waals surface area (Å²) in [4.78, 5) is 0.197. The first-order valence-corrected chi connectivity index (χ1v) is 9.65. The number of unbranched alkanes of at least 4 members (excludes halogenated alkanes) is 3. The molecule has 120 valence electrons. The number of hydrogen-bond acceptors (Lipinski definition) is 3. The van der Waals surface area contributed by atoms with Crippen molar-refractivity contribution < 1.29 is 8.42 Å². The van der Waals surface area contributed by atoms with Gasteiger partial charge < -0.3 is 5.73 Å². The van der Waals surface area contributed by atoms with E-state index in [4.69, 9.17) is 5.73 Å². The van der Waals surface area contributed by atoms with Crippen LogP contribution in [0.2, 0.25) is 0 Å². The number of sulfonamides is 1. The van der Waals surface area contributed by atoms with Crippen molar-refractivity contribution in [1.29, 1.82) is 0 Å². The van der Waals surface area contributed by atoms with Crippen molar-refractivity contribution in [2.75, 3.05) is 12.3 Å². The van der Waals surface area contributed by atoms with Crippen LogP contribution in [0.4, 0.5) is 5.69 Å². The van der Waals surface area contributed by atoms with Gasteiger partial charge in [-0.1, -0.05) is 39.5 Å². The second kappa shape index (κ2) is 8.76. The Morgan fingerprint density at radius 1 is 1.19 bits per heavy atom. The van der Waals surface area contributed by atoms with Crippen molar-refractivity contribution in [3.63, 3.8) is 0 Å². The zero-order valence-electron chi connectivity index (χ0n) is 12.7. The normalized spacial score (nSPS) is 12.0. The molecule has 0 bridgehead atoms. The molecule has 0 aliphatic heterocycles. The van der Waals surface area contributed by atoms with Gasteiger partial charge in [0.15, 0.2) is 0 Å². The first-order chi connectivity index (χ1) is 9.83. The van der Waals surface area contributed by atoms with E-state index in [0.29, 0.717) is 16.7 Å². The predicted octanol–water partition coefficient (Wildman–Crippen LogP) is 3.92. The van der Waals surface area contributed by atoms with Gasteiger partial charge in [0.25, 0.3) is 0 Å². The highest BCUT2D eigenvalue weighted by Crippen LogP contribution is 2.24. The van der Waals surface area contributed by atoms with Gasteiger partial charge in [-0.2, -0.15) is 0 Å². The Bertz CT molecular complexity index is 545. The highest BCUT2D eigenvalue weighted by molar-refractivity contribution is 9.10. The lowest BCUT2D eigenvalue weighted by molar-refractivity contribution is 0.517. The van der Waals surface area contributed by atoms with Crippen molar-refractivity contribution in [1.82, 2.24) is 4.72 Å². The number of hydrogen-bond donors (Lipinski definition) is 2. The predicted molar refractivity (Wildman–Crippen MR) is 91.7 cm³/mol. The Labute approximate surface area is 136 Å². The van der Waals surface area contributed by atoms with E-state index in [1.165, 1.54) is 18.9 Å². The molecule has 0 unspecified atom stereocenters. The van der Waals surface area contributed by atoms with Gasteiger partial charge in [0.2, 0.25) is 10.0 Å². The van der Waals surface area contributed by atoms with E-state index >= 15 is 0 Å². The number of nitrogens with two attached hydrogens (primary N) is 1. The third kappa shape index (κ3) is 6.80. The first-order valence-electron chi connectivity index (χ1n) is 7.37. The van der Waals surface area contributed by atoms with E-state index in [0.717, 1.165) is 25.2 Å². The van der Waals surface area contributed by atoms with Crippen LogP contribution in [-0.2, 0) is 10.0 Å². The minimum absolute atomic E-state index is 0.197. The van der Waals surface area contributed by atoms with Crippen LogP contribution in [0.25, 0.3) is 0 Å². The average molecular weight is 377 g/mol. The van der Waals surface area contributed by atoms with Crippen LogP contribution in [0.3, 0.4) is 0 Å². The molecule has 4 nitrogen and oxygen atoms in total. The summed E-state index contributed by atoms with van der Waals surface area (Å²) < 4.78 is 27.5.